The van der Waals surface area contributed by atoms with Gasteiger partial charge in [-0.25, -0.2) is 4.98 Å². The third-order valence-corrected chi connectivity index (χ3v) is 6.07. The summed E-state index contributed by atoms with van der Waals surface area (Å²) in [7, 11) is 0. The number of anilines is 2. The molecule has 0 amide bonds. The van der Waals surface area contributed by atoms with Crippen LogP contribution in [0.15, 0.2) is 60.9 Å². The largest absolute Gasteiger partial charge is 0.366 e. The Kier molecular flexibility index (Phi) is 4.15. The Labute approximate surface area is 175 Å². The van der Waals surface area contributed by atoms with Crippen LogP contribution in [0.25, 0.3) is 16.9 Å². The summed E-state index contributed by atoms with van der Waals surface area (Å²) < 4.78 is 1.97. The van der Waals surface area contributed by atoms with Gasteiger partial charge in [-0.1, -0.05) is 30.3 Å². The number of rotatable bonds is 6. The lowest BCUT2D eigenvalue weighted by Gasteiger charge is -2.32. The number of aromatic nitrogens is 4. The molecule has 0 bridgehead atoms. The van der Waals surface area contributed by atoms with E-state index in [0.29, 0.717) is 5.92 Å². The molecule has 150 valence electrons. The van der Waals surface area contributed by atoms with Crippen molar-refractivity contribution in [1.29, 1.82) is 0 Å². The third-order valence-electron chi connectivity index (χ3n) is 6.07. The van der Waals surface area contributed by atoms with Gasteiger partial charge in [0.1, 0.15) is 11.6 Å². The summed E-state index contributed by atoms with van der Waals surface area (Å²) in [4.78, 5) is 11.7. The zero-order valence-corrected chi connectivity index (χ0v) is 16.8. The molecule has 6 heteroatoms. The molecule has 1 aromatic carbocycles. The van der Waals surface area contributed by atoms with Crippen molar-refractivity contribution in [1.82, 2.24) is 19.6 Å². The Hall–Kier alpha value is -3.41. The molecule has 1 aliphatic carbocycles. The van der Waals surface area contributed by atoms with E-state index >= 15 is 0 Å². The van der Waals surface area contributed by atoms with Gasteiger partial charge in [0.05, 0.1) is 11.9 Å². The summed E-state index contributed by atoms with van der Waals surface area (Å²) in [6, 6.07) is 16.7. The van der Waals surface area contributed by atoms with Gasteiger partial charge in [0.2, 0.25) is 0 Å². The van der Waals surface area contributed by atoms with Crippen molar-refractivity contribution in [3.63, 3.8) is 0 Å². The number of hydrogen-bond donors (Lipinski definition) is 1. The highest BCUT2D eigenvalue weighted by atomic mass is 15.3. The second-order valence-electron chi connectivity index (χ2n) is 8.22. The van der Waals surface area contributed by atoms with Gasteiger partial charge < -0.3 is 10.2 Å². The molecule has 2 aliphatic rings. The van der Waals surface area contributed by atoms with E-state index in [1.807, 2.05) is 35.1 Å². The van der Waals surface area contributed by atoms with Crippen molar-refractivity contribution in [2.24, 2.45) is 0 Å². The van der Waals surface area contributed by atoms with Crippen LogP contribution in [0.1, 0.15) is 36.3 Å². The predicted octanol–water partition coefficient (Wildman–Crippen LogP) is 4.49. The minimum absolute atomic E-state index is 0.633. The molecule has 0 atom stereocenters. The van der Waals surface area contributed by atoms with Crippen LogP contribution < -0.4 is 10.2 Å². The molecule has 0 radical (unpaired) electrons. The third kappa shape index (κ3) is 3.18. The highest BCUT2D eigenvalue weighted by Crippen LogP contribution is 2.42. The maximum absolute atomic E-state index is 4.96. The predicted molar refractivity (Wildman–Crippen MR) is 119 cm³/mol. The maximum Gasteiger partial charge on any atom is 0.163 e. The van der Waals surface area contributed by atoms with Crippen molar-refractivity contribution in [2.75, 3.05) is 23.3 Å². The smallest absolute Gasteiger partial charge is 0.163 e. The summed E-state index contributed by atoms with van der Waals surface area (Å²) >= 11 is 0. The first-order chi connectivity index (χ1) is 14.8. The van der Waals surface area contributed by atoms with Gasteiger partial charge in [0.15, 0.2) is 5.65 Å². The number of nitrogens with zero attached hydrogens (tertiary/aromatic N) is 5. The molecular weight excluding hydrogens is 372 g/mol. The summed E-state index contributed by atoms with van der Waals surface area (Å²) in [5.74, 6) is 2.69. The topological polar surface area (TPSA) is 58.3 Å². The molecular formula is C24H24N6. The Morgan fingerprint density at radius 2 is 1.90 bits per heavy atom. The van der Waals surface area contributed by atoms with Crippen LogP contribution in [0.3, 0.4) is 0 Å². The lowest BCUT2D eigenvalue weighted by molar-refractivity contribution is 0.609. The van der Waals surface area contributed by atoms with E-state index in [1.54, 1.807) is 0 Å². The molecule has 1 N–H and O–H groups in total. The molecule has 0 spiro atoms. The van der Waals surface area contributed by atoms with Crippen LogP contribution in [0.2, 0.25) is 0 Å². The molecule has 30 heavy (non-hydrogen) atoms. The number of hydrogen-bond acceptors (Lipinski definition) is 5. The van der Waals surface area contributed by atoms with Crippen LogP contribution in [0.4, 0.5) is 11.6 Å². The maximum atomic E-state index is 4.96. The van der Waals surface area contributed by atoms with E-state index in [1.165, 1.54) is 30.4 Å². The quantitative estimate of drug-likeness (QED) is 0.520. The normalized spacial score (nSPS) is 15.9. The molecule has 2 fully saturated rings. The minimum Gasteiger partial charge on any atom is -0.366 e. The first-order valence-electron chi connectivity index (χ1n) is 10.7. The van der Waals surface area contributed by atoms with Crippen molar-refractivity contribution in [3.05, 3.63) is 72.1 Å². The molecule has 1 saturated heterocycles. The molecule has 4 aromatic rings. The van der Waals surface area contributed by atoms with E-state index in [2.05, 4.69) is 50.6 Å². The SMILES string of the molecule is c1ccc(-c2ccc(CNc3cc(N4CCC4)nc4c(C5CC5)cnn34)cc2)nc1. The molecule has 1 aliphatic heterocycles. The highest BCUT2D eigenvalue weighted by Gasteiger charge is 2.29. The number of nitrogens with one attached hydrogen (secondary N) is 1. The standard InChI is InChI=1S/C24H24N6/c1-2-11-25-21(4-1)19-7-5-17(6-8-19)15-26-22-14-23(29-12-3-13-29)28-24-20(18-9-10-18)16-27-30(22)24/h1-2,4-8,11,14,16,18,26H,3,9-10,12-13,15H2. The van der Waals surface area contributed by atoms with E-state index in [4.69, 9.17) is 4.98 Å². The van der Waals surface area contributed by atoms with Crippen LogP contribution in [-0.4, -0.2) is 32.7 Å². The van der Waals surface area contributed by atoms with Crippen molar-refractivity contribution >= 4 is 17.3 Å². The first-order valence-corrected chi connectivity index (χ1v) is 10.7. The van der Waals surface area contributed by atoms with Crippen LogP contribution in [0.5, 0.6) is 0 Å². The number of pyridine rings is 1. The van der Waals surface area contributed by atoms with E-state index in [0.717, 1.165) is 48.2 Å². The Balaban J connectivity index is 1.27. The average molecular weight is 396 g/mol. The monoisotopic (exact) mass is 396 g/mol. The summed E-state index contributed by atoms with van der Waals surface area (Å²) in [6.45, 7) is 2.91. The summed E-state index contributed by atoms with van der Waals surface area (Å²) in [5.41, 5.74) is 5.65. The average Bonchev–Trinajstić information content (AvgIpc) is 3.51. The van der Waals surface area contributed by atoms with Crippen LogP contribution >= 0.6 is 0 Å². The van der Waals surface area contributed by atoms with Crippen molar-refractivity contribution < 1.29 is 0 Å². The molecule has 0 unspecified atom stereocenters. The Morgan fingerprint density at radius 3 is 2.60 bits per heavy atom. The fourth-order valence-electron chi connectivity index (χ4n) is 4.00. The van der Waals surface area contributed by atoms with Crippen molar-refractivity contribution in [3.8, 4) is 11.3 Å². The zero-order chi connectivity index (χ0) is 19.9. The number of benzene rings is 1. The fourth-order valence-corrected chi connectivity index (χ4v) is 4.00. The van der Waals surface area contributed by atoms with Gasteiger partial charge in [-0.15, -0.1) is 0 Å². The molecule has 6 rings (SSSR count). The van der Waals surface area contributed by atoms with Gasteiger partial charge in [-0.05, 0) is 42.9 Å². The second kappa shape index (κ2) is 7.13. The van der Waals surface area contributed by atoms with E-state index in [9.17, 15) is 0 Å². The second-order valence-corrected chi connectivity index (χ2v) is 8.22. The van der Waals surface area contributed by atoms with Crippen LogP contribution in [-0.2, 0) is 6.54 Å². The summed E-state index contributed by atoms with van der Waals surface area (Å²) in [6.07, 6.45) is 7.58. The highest BCUT2D eigenvalue weighted by molar-refractivity contribution is 5.63. The van der Waals surface area contributed by atoms with Crippen LogP contribution in [0, 0.1) is 0 Å². The van der Waals surface area contributed by atoms with Gasteiger partial charge >= 0.3 is 0 Å². The van der Waals surface area contributed by atoms with E-state index < -0.39 is 0 Å². The number of fused-ring (bicyclic) bond motifs is 1. The molecule has 1 saturated carbocycles. The lowest BCUT2D eigenvalue weighted by Crippen LogP contribution is -2.37. The van der Waals surface area contributed by atoms with Crippen molar-refractivity contribution in [2.45, 2.75) is 31.7 Å². The Bertz CT molecular complexity index is 1170. The molecule has 4 heterocycles. The van der Waals surface area contributed by atoms with Gasteiger partial charge in [0, 0.05) is 43.0 Å². The minimum atomic E-state index is 0.633. The first kappa shape index (κ1) is 17.4. The molecule has 6 nitrogen and oxygen atoms in total. The summed E-state index contributed by atoms with van der Waals surface area (Å²) in [5, 5.41) is 8.25. The Morgan fingerprint density at radius 1 is 1.03 bits per heavy atom. The lowest BCUT2D eigenvalue weighted by atomic mass is 10.1. The van der Waals surface area contributed by atoms with E-state index in [-0.39, 0.29) is 0 Å². The molecule has 3 aromatic heterocycles. The fraction of sp³-hybridized carbons (Fsp3) is 0.292. The van der Waals surface area contributed by atoms with Gasteiger partial charge in [-0.2, -0.15) is 9.61 Å². The van der Waals surface area contributed by atoms with Gasteiger partial charge in [0.25, 0.3) is 0 Å². The van der Waals surface area contributed by atoms with Gasteiger partial charge in [-0.3, -0.25) is 4.98 Å². The zero-order valence-electron chi connectivity index (χ0n) is 16.8.